The standard InChI is InChI=1S/C13H24N2O3/c1-3-10(11(16)17)8-14-12(18)15-9-13(4-2)6-5-7-13/h10H,3-9H2,1-2H3,(H,16,17)(H2,14,15,18). The third kappa shape index (κ3) is 3.89. The van der Waals surface area contributed by atoms with E-state index in [9.17, 15) is 9.59 Å². The van der Waals surface area contributed by atoms with E-state index in [2.05, 4.69) is 17.6 Å². The third-order valence-corrected chi connectivity index (χ3v) is 4.14. The van der Waals surface area contributed by atoms with Gasteiger partial charge in [0.05, 0.1) is 5.92 Å². The molecule has 0 saturated heterocycles. The van der Waals surface area contributed by atoms with Crippen LogP contribution in [0.25, 0.3) is 0 Å². The van der Waals surface area contributed by atoms with Gasteiger partial charge in [0.25, 0.3) is 0 Å². The number of hydrogen-bond donors (Lipinski definition) is 3. The minimum atomic E-state index is -0.859. The Kier molecular flexibility index (Phi) is 5.44. The molecule has 0 aromatic carbocycles. The number of rotatable bonds is 7. The minimum Gasteiger partial charge on any atom is -0.481 e. The third-order valence-electron chi connectivity index (χ3n) is 4.14. The molecule has 5 heteroatoms. The van der Waals surface area contributed by atoms with Gasteiger partial charge in [0.2, 0.25) is 0 Å². The molecule has 104 valence electrons. The van der Waals surface area contributed by atoms with Crippen LogP contribution >= 0.6 is 0 Å². The predicted octanol–water partition coefficient (Wildman–Crippen LogP) is 1.98. The molecule has 0 heterocycles. The van der Waals surface area contributed by atoms with Gasteiger partial charge in [-0.2, -0.15) is 0 Å². The summed E-state index contributed by atoms with van der Waals surface area (Å²) in [6.45, 7) is 4.84. The topological polar surface area (TPSA) is 78.4 Å². The summed E-state index contributed by atoms with van der Waals surface area (Å²) in [6.07, 6.45) is 5.20. The zero-order valence-corrected chi connectivity index (χ0v) is 11.3. The molecule has 1 unspecified atom stereocenters. The fourth-order valence-electron chi connectivity index (χ4n) is 2.28. The van der Waals surface area contributed by atoms with Crippen LogP contribution in [0, 0.1) is 11.3 Å². The maximum atomic E-state index is 11.6. The van der Waals surface area contributed by atoms with Gasteiger partial charge in [0.1, 0.15) is 0 Å². The number of amides is 2. The first kappa shape index (κ1) is 14.8. The van der Waals surface area contributed by atoms with Gasteiger partial charge in [-0.1, -0.05) is 20.3 Å². The molecule has 2 amide bonds. The molecule has 0 radical (unpaired) electrons. The Morgan fingerprint density at radius 2 is 1.94 bits per heavy atom. The molecular weight excluding hydrogens is 232 g/mol. The zero-order valence-electron chi connectivity index (χ0n) is 11.3. The average Bonchev–Trinajstić information content (AvgIpc) is 2.28. The first-order valence-corrected chi connectivity index (χ1v) is 6.77. The molecule has 0 spiro atoms. The van der Waals surface area contributed by atoms with Crippen molar-refractivity contribution in [1.29, 1.82) is 0 Å². The van der Waals surface area contributed by atoms with Crippen molar-refractivity contribution < 1.29 is 14.7 Å². The molecule has 0 aromatic heterocycles. The second-order valence-electron chi connectivity index (χ2n) is 5.21. The lowest BCUT2D eigenvalue weighted by Crippen LogP contribution is -2.46. The van der Waals surface area contributed by atoms with Gasteiger partial charge in [-0.15, -0.1) is 0 Å². The number of carbonyl (C=O) groups excluding carboxylic acids is 1. The molecule has 0 aliphatic heterocycles. The molecule has 3 N–H and O–H groups in total. The van der Waals surface area contributed by atoms with Crippen molar-refractivity contribution >= 4 is 12.0 Å². The van der Waals surface area contributed by atoms with Crippen LogP contribution in [0.4, 0.5) is 4.79 Å². The second kappa shape index (κ2) is 6.61. The van der Waals surface area contributed by atoms with Crippen molar-refractivity contribution in [2.24, 2.45) is 11.3 Å². The Labute approximate surface area is 108 Å². The highest BCUT2D eigenvalue weighted by Crippen LogP contribution is 2.42. The maximum Gasteiger partial charge on any atom is 0.314 e. The molecular formula is C13H24N2O3. The van der Waals surface area contributed by atoms with E-state index < -0.39 is 11.9 Å². The van der Waals surface area contributed by atoms with Crippen LogP contribution in [0.1, 0.15) is 46.0 Å². The zero-order chi connectivity index (χ0) is 13.6. The first-order valence-electron chi connectivity index (χ1n) is 6.77. The van der Waals surface area contributed by atoms with E-state index in [0.29, 0.717) is 13.0 Å². The van der Waals surface area contributed by atoms with Crippen LogP contribution in [0.3, 0.4) is 0 Å². The lowest BCUT2D eigenvalue weighted by atomic mass is 9.67. The van der Waals surface area contributed by atoms with Crippen LogP contribution in [0.5, 0.6) is 0 Å². The Morgan fingerprint density at radius 1 is 1.28 bits per heavy atom. The molecule has 5 nitrogen and oxygen atoms in total. The predicted molar refractivity (Wildman–Crippen MR) is 69.4 cm³/mol. The maximum absolute atomic E-state index is 11.6. The summed E-state index contributed by atoms with van der Waals surface area (Å²) >= 11 is 0. The van der Waals surface area contributed by atoms with Gasteiger partial charge in [-0.3, -0.25) is 4.79 Å². The van der Waals surface area contributed by atoms with Crippen LogP contribution < -0.4 is 10.6 Å². The van der Waals surface area contributed by atoms with Gasteiger partial charge < -0.3 is 15.7 Å². The van der Waals surface area contributed by atoms with Crippen LogP contribution in [0.15, 0.2) is 0 Å². The van der Waals surface area contributed by atoms with Crippen molar-refractivity contribution in [2.45, 2.75) is 46.0 Å². The Bertz CT molecular complexity index is 295. The SMILES string of the molecule is CCC(CNC(=O)NCC1(CC)CCC1)C(=O)O. The monoisotopic (exact) mass is 256 g/mol. The quantitative estimate of drug-likeness (QED) is 0.651. The van der Waals surface area contributed by atoms with Gasteiger partial charge >= 0.3 is 12.0 Å². The van der Waals surface area contributed by atoms with Gasteiger partial charge in [-0.05, 0) is 31.1 Å². The summed E-state index contributed by atoms with van der Waals surface area (Å²) in [6, 6.07) is -0.255. The molecule has 1 atom stereocenters. The second-order valence-corrected chi connectivity index (χ2v) is 5.21. The smallest absolute Gasteiger partial charge is 0.314 e. The summed E-state index contributed by atoms with van der Waals surface area (Å²) in [4.78, 5) is 22.4. The van der Waals surface area contributed by atoms with Crippen molar-refractivity contribution in [3.63, 3.8) is 0 Å². The van der Waals surface area contributed by atoms with E-state index in [1.54, 1.807) is 6.92 Å². The van der Waals surface area contributed by atoms with E-state index >= 15 is 0 Å². The molecule has 18 heavy (non-hydrogen) atoms. The minimum absolute atomic E-state index is 0.191. The fourth-order valence-corrected chi connectivity index (χ4v) is 2.28. The van der Waals surface area contributed by atoms with Gasteiger partial charge in [-0.25, -0.2) is 4.79 Å². The number of hydrogen-bond acceptors (Lipinski definition) is 2. The first-order chi connectivity index (χ1) is 8.53. The van der Waals surface area contributed by atoms with Crippen LogP contribution in [-0.4, -0.2) is 30.2 Å². The highest BCUT2D eigenvalue weighted by atomic mass is 16.4. The summed E-state index contributed by atoms with van der Waals surface area (Å²) in [7, 11) is 0. The molecule has 1 aliphatic carbocycles. The van der Waals surface area contributed by atoms with E-state index in [4.69, 9.17) is 5.11 Å². The number of carboxylic acids is 1. The summed E-state index contributed by atoms with van der Waals surface area (Å²) in [5, 5.41) is 14.3. The van der Waals surface area contributed by atoms with Crippen molar-refractivity contribution in [3.05, 3.63) is 0 Å². The van der Waals surface area contributed by atoms with Crippen LogP contribution in [-0.2, 0) is 4.79 Å². The Morgan fingerprint density at radius 3 is 2.33 bits per heavy atom. The van der Waals surface area contributed by atoms with Crippen molar-refractivity contribution in [2.75, 3.05) is 13.1 Å². The van der Waals surface area contributed by atoms with Crippen molar-refractivity contribution in [1.82, 2.24) is 10.6 Å². The number of urea groups is 1. The summed E-state index contributed by atoms with van der Waals surface area (Å²) in [5.41, 5.74) is 0.286. The van der Waals surface area contributed by atoms with E-state index in [1.807, 2.05) is 0 Å². The van der Waals surface area contributed by atoms with Gasteiger partial charge in [0, 0.05) is 13.1 Å². The molecule has 1 fully saturated rings. The Hall–Kier alpha value is -1.26. The average molecular weight is 256 g/mol. The summed E-state index contributed by atoms with van der Waals surface area (Å²) in [5.74, 6) is -1.36. The number of carbonyl (C=O) groups is 2. The Balaban J connectivity index is 2.23. The van der Waals surface area contributed by atoms with Gasteiger partial charge in [0.15, 0.2) is 0 Å². The number of aliphatic carboxylic acids is 1. The van der Waals surface area contributed by atoms with E-state index in [1.165, 1.54) is 19.3 Å². The van der Waals surface area contributed by atoms with E-state index in [-0.39, 0.29) is 18.0 Å². The molecule has 0 bridgehead atoms. The molecule has 0 aromatic rings. The number of nitrogens with one attached hydrogen (secondary N) is 2. The lowest BCUT2D eigenvalue weighted by Gasteiger charge is -2.41. The highest BCUT2D eigenvalue weighted by Gasteiger charge is 2.35. The highest BCUT2D eigenvalue weighted by molar-refractivity contribution is 5.75. The molecule has 1 rings (SSSR count). The fraction of sp³-hybridized carbons (Fsp3) is 0.846. The lowest BCUT2D eigenvalue weighted by molar-refractivity contribution is -0.141. The number of carboxylic acid groups (broad SMARTS) is 1. The molecule has 1 aliphatic rings. The van der Waals surface area contributed by atoms with Crippen LogP contribution in [0.2, 0.25) is 0 Å². The summed E-state index contributed by atoms with van der Waals surface area (Å²) < 4.78 is 0. The molecule has 1 saturated carbocycles. The van der Waals surface area contributed by atoms with E-state index in [0.717, 1.165) is 6.42 Å². The largest absolute Gasteiger partial charge is 0.481 e. The van der Waals surface area contributed by atoms with Crippen molar-refractivity contribution in [3.8, 4) is 0 Å². The normalized spacial score (nSPS) is 18.6.